The number of hydrogen-bond donors (Lipinski definition) is 1. The highest BCUT2D eigenvalue weighted by molar-refractivity contribution is 5.88. The van der Waals surface area contributed by atoms with Crippen LogP contribution in [-0.4, -0.2) is 52.0 Å². The molecule has 0 radical (unpaired) electrons. The van der Waals surface area contributed by atoms with Crippen LogP contribution in [0.2, 0.25) is 0 Å². The van der Waals surface area contributed by atoms with Crippen molar-refractivity contribution in [3.05, 3.63) is 35.4 Å². The molecule has 2 atom stereocenters. The van der Waals surface area contributed by atoms with Crippen molar-refractivity contribution in [1.29, 1.82) is 0 Å². The van der Waals surface area contributed by atoms with Crippen molar-refractivity contribution in [2.24, 2.45) is 5.92 Å². The monoisotopic (exact) mass is 330 g/mol. The standard InChI is InChI=1S/C19H26N2O3/c1-13(2)9-18(23)21-11-15-6-4-3-5-14(15)10-17(21)19(24)20-8-7-16(22)12-20/h3-6,13,16-17,22H,7-12H2,1-2H3/t16-,17?/m1/s1. The van der Waals surface area contributed by atoms with E-state index < -0.39 is 12.1 Å². The van der Waals surface area contributed by atoms with E-state index in [1.807, 2.05) is 38.1 Å². The fraction of sp³-hybridized carbons (Fsp3) is 0.579. The van der Waals surface area contributed by atoms with E-state index in [0.29, 0.717) is 38.9 Å². The molecule has 1 aromatic carbocycles. The van der Waals surface area contributed by atoms with Gasteiger partial charge in [0, 0.05) is 32.5 Å². The Morgan fingerprint density at radius 3 is 2.58 bits per heavy atom. The predicted molar refractivity (Wildman–Crippen MR) is 91.1 cm³/mol. The Kier molecular flexibility index (Phi) is 4.90. The Bertz CT molecular complexity index is 629. The van der Waals surface area contributed by atoms with Gasteiger partial charge in [-0.05, 0) is 23.5 Å². The summed E-state index contributed by atoms with van der Waals surface area (Å²) in [6.07, 6.45) is 1.19. The molecule has 2 aliphatic heterocycles. The molecule has 0 aliphatic carbocycles. The minimum Gasteiger partial charge on any atom is -0.391 e. The SMILES string of the molecule is CC(C)CC(=O)N1Cc2ccccc2CC1C(=O)N1CC[C@@H](O)C1. The van der Waals surface area contributed by atoms with Gasteiger partial charge in [-0.3, -0.25) is 9.59 Å². The number of hydrogen-bond acceptors (Lipinski definition) is 3. The molecule has 1 N–H and O–H groups in total. The van der Waals surface area contributed by atoms with Crippen LogP contribution in [0.4, 0.5) is 0 Å². The third-order valence-electron chi connectivity index (χ3n) is 4.91. The maximum Gasteiger partial charge on any atom is 0.245 e. The lowest BCUT2D eigenvalue weighted by Gasteiger charge is -2.38. The second-order valence-electron chi connectivity index (χ2n) is 7.33. The first kappa shape index (κ1) is 17.0. The van der Waals surface area contributed by atoms with E-state index in [0.717, 1.165) is 11.1 Å². The third kappa shape index (κ3) is 3.46. The van der Waals surface area contributed by atoms with Crippen LogP contribution in [0.5, 0.6) is 0 Å². The van der Waals surface area contributed by atoms with Crippen molar-refractivity contribution in [3.63, 3.8) is 0 Å². The van der Waals surface area contributed by atoms with Crippen molar-refractivity contribution in [2.75, 3.05) is 13.1 Å². The normalized spacial score (nSPS) is 23.5. The molecule has 24 heavy (non-hydrogen) atoms. The number of nitrogens with zero attached hydrogens (tertiary/aromatic N) is 2. The molecule has 2 amide bonds. The quantitative estimate of drug-likeness (QED) is 0.915. The summed E-state index contributed by atoms with van der Waals surface area (Å²) >= 11 is 0. The Hall–Kier alpha value is -1.88. The van der Waals surface area contributed by atoms with Crippen LogP contribution >= 0.6 is 0 Å². The Morgan fingerprint density at radius 1 is 1.25 bits per heavy atom. The van der Waals surface area contributed by atoms with Gasteiger partial charge in [-0.15, -0.1) is 0 Å². The highest BCUT2D eigenvalue weighted by atomic mass is 16.3. The van der Waals surface area contributed by atoms with Crippen LogP contribution in [0.15, 0.2) is 24.3 Å². The summed E-state index contributed by atoms with van der Waals surface area (Å²) in [5, 5.41) is 9.72. The van der Waals surface area contributed by atoms with Crippen molar-refractivity contribution in [2.45, 2.75) is 51.8 Å². The number of fused-ring (bicyclic) bond motifs is 1. The predicted octanol–water partition coefficient (Wildman–Crippen LogP) is 1.58. The number of likely N-dealkylation sites (tertiary alicyclic amines) is 1. The average Bonchev–Trinajstić information content (AvgIpc) is 2.98. The molecule has 0 spiro atoms. The largest absolute Gasteiger partial charge is 0.391 e. The molecule has 0 aromatic heterocycles. The molecule has 1 unspecified atom stereocenters. The summed E-state index contributed by atoms with van der Waals surface area (Å²) in [7, 11) is 0. The van der Waals surface area contributed by atoms with E-state index in [2.05, 4.69) is 0 Å². The number of benzene rings is 1. The van der Waals surface area contributed by atoms with Crippen molar-refractivity contribution in [3.8, 4) is 0 Å². The molecule has 3 rings (SSSR count). The van der Waals surface area contributed by atoms with E-state index >= 15 is 0 Å². The zero-order valence-corrected chi connectivity index (χ0v) is 14.4. The van der Waals surface area contributed by atoms with Crippen LogP contribution in [-0.2, 0) is 22.6 Å². The van der Waals surface area contributed by atoms with Gasteiger partial charge >= 0.3 is 0 Å². The summed E-state index contributed by atoms with van der Waals surface area (Å²) < 4.78 is 0. The molecule has 5 nitrogen and oxygen atoms in total. The van der Waals surface area contributed by atoms with Crippen molar-refractivity contribution < 1.29 is 14.7 Å². The first-order valence-electron chi connectivity index (χ1n) is 8.78. The zero-order valence-electron chi connectivity index (χ0n) is 14.4. The number of carbonyl (C=O) groups is 2. The Morgan fingerprint density at radius 2 is 1.96 bits per heavy atom. The molecule has 5 heteroatoms. The number of amides is 2. The van der Waals surface area contributed by atoms with Crippen LogP contribution in [0.3, 0.4) is 0 Å². The summed E-state index contributed by atoms with van der Waals surface area (Å²) in [5.74, 6) is 0.273. The van der Waals surface area contributed by atoms with Gasteiger partial charge in [0.15, 0.2) is 0 Å². The smallest absolute Gasteiger partial charge is 0.245 e. The Balaban J connectivity index is 1.85. The van der Waals surface area contributed by atoms with Gasteiger partial charge in [-0.2, -0.15) is 0 Å². The summed E-state index contributed by atoms with van der Waals surface area (Å²) in [6.45, 7) is 5.48. The molecule has 0 saturated carbocycles. The van der Waals surface area contributed by atoms with Gasteiger partial charge in [0.2, 0.25) is 11.8 Å². The van der Waals surface area contributed by atoms with Gasteiger partial charge < -0.3 is 14.9 Å². The van der Waals surface area contributed by atoms with Gasteiger partial charge in [0.25, 0.3) is 0 Å². The number of β-amino-alcohol motifs (C(OH)–C–C–N with tert-alkyl or cyclic N) is 1. The van der Waals surface area contributed by atoms with Gasteiger partial charge in [0.1, 0.15) is 6.04 Å². The number of aliphatic hydroxyl groups excluding tert-OH is 1. The number of aliphatic hydroxyl groups is 1. The van der Waals surface area contributed by atoms with Crippen LogP contribution in [0, 0.1) is 5.92 Å². The van der Waals surface area contributed by atoms with E-state index in [4.69, 9.17) is 0 Å². The molecule has 130 valence electrons. The molecule has 1 fully saturated rings. The zero-order chi connectivity index (χ0) is 17.3. The van der Waals surface area contributed by atoms with Gasteiger partial charge in [0.05, 0.1) is 6.10 Å². The maximum atomic E-state index is 13.0. The first-order chi connectivity index (χ1) is 11.5. The molecular weight excluding hydrogens is 304 g/mol. The summed E-state index contributed by atoms with van der Waals surface area (Å²) in [5.41, 5.74) is 2.27. The van der Waals surface area contributed by atoms with E-state index in [-0.39, 0.29) is 17.7 Å². The van der Waals surface area contributed by atoms with Crippen LogP contribution in [0.1, 0.15) is 37.8 Å². The molecule has 2 heterocycles. The molecule has 0 bridgehead atoms. The molecule has 2 aliphatic rings. The lowest BCUT2D eigenvalue weighted by Crippen LogP contribution is -2.53. The summed E-state index contributed by atoms with van der Waals surface area (Å²) in [6, 6.07) is 7.58. The minimum absolute atomic E-state index is 0.0295. The average molecular weight is 330 g/mol. The first-order valence-corrected chi connectivity index (χ1v) is 8.78. The maximum absolute atomic E-state index is 13.0. The van der Waals surface area contributed by atoms with Crippen LogP contribution in [0.25, 0.3) is 0 Å². The fourth-order valence-electron chi connectivity index (χ4n) is 3.62. The van der Waals surface area contributed by atoms with Crippen molar-refractivity contribution >= 4 is 11.8 Å². The lowest BCUT2D eigenvalue weighted by molar-refractivity contribution is -0.147. The lowest BCUT2D eigenvalue weighted by atomic mass is 9.92. The van der Waals surface area contributed by atoms with Gasteiger partial charge in [-0.25, -0.2) is 0 Å². The highest BCUT2D eigenvalue weighted by Gasteiger charge is 2.38. The second-order valence-corrected chi connectivity index (χ2v) is 7.33. The molecule has 1 saturated heterocycles. The van der Waals surface area contributed by atoms with E-state index in [1.165, 1.54) is 0 Å². The fourth-order valence-corrected chi connectivity index (χ4v) is 3.62. The molecular formula is C19H26N2O3. The topological polar surface area (TPSA) is 60.9 Å². The highest BCUT2D eigenvalue weighted by Crippen LogP contribution is 2.26. The van der Waals surface area contributed by atoms with Gasteiger partial charge in [-0.1, -0.05) is 38.1 Å². The second kappa shape index (κ2) is 6.93. The molecule has 1 aromatic rings. The van der Waals surface area contributed by atoms with Crippen LogP contribution < -0.4 is 0 Å². The van der Waals surface area contributed by atoms with E-state index in [9.17, 15) is 14.7 Å². The number of rotatable bonds is 3. The van der Waals surface area contributed by atoms with E-state index in [1.54, 1.807) is 9.80 Å². The number of carbonyl (C=O) groups excluding carboxylic acids is 2. The Labute approximate surface area is 143 Å². The summed E-state index contributed by atoms with van der Waals surface area (Å²) in [4.78, 5) is 29.1. The third-order valence-corrected chi connectivity index (χ3v) is 4.91. The van der Waals surface area contributed by atoms with Crippen molar-refractivity contribution in [1.82, 2.24) is 9.80 Å². The minimum atomic E-state index is -0.448.